The van der Waals surface area contributed by atoms with E-state index < -0.39 is 10.0 Å². The highest BCUT2D eigenvalue weighted by molar-refractivity contribution is 7.92. The van der Waals surface area contributed by atoms with Crippen molar-refractivity contribution < 1.29 is 17.9 Å². The van der Waals surface area contributed by atoms with Gasteiger partial charge in [0, 0.05) is 11.1 Å². The summed E-state index contributed by atoms with van der Waals surface area (Å²) in [5, 5.41) is 5.37. The number of hydrogen-bond acceptors (Lipinski definition) is 7. The van der Waals surface area contributed by atoms with Crippen LogP contribution in [-0.2, 0) is 21.2 Å². The van der Waals surface area contributed by atoms with Gasteiger partial charge in [-0.1, -0.05) is 11.6 Å². The van der Waals surface area contributed by atoms with E-state index in [1.165, 1.54) is 35.8 Å². The highest BCUT2D eigenvalue weighted by atomic mass is 35.5. The summed E-state index contributed by atoms with van der Waals surface area (Å²) in [5.41, 5.74) is 1.33. The van der Waals surface area contributed by atoms with Crippen LogP contribution in [0, 0.1) is 0 Å². The van der Waals surface area contributed by atoms with E-state index in [9.17, 15) is 13.2 Å². The first-order valence-electron chi connectivity index (χ1n) is 7.89. The zero-order valence-electron chi connectivity index (χ0n) is 14.9. The summed E-state index contributed by atoms with van der Waals surface area (Å²) in [6.07, 6.45) is 1.13. The summed E-state index contributed by atoms with van der Waals surface area (Å²) >= 11 is 8.82. The molecule has 3 aromatic rings. The Kier molecular flexibility index (Phi) is 6.23. The van der Waals surface area contributed by atoms with Gasteiger partial charge in [0.1, 0.15) is 10.8 Å². The molecular weight excluding hydrogens is 442 g/mol. The van der Waals surface area contributed by atoms with Gasteiger partial charge in [-0.3, -0.25) is 9.52 Å². The topological polar surface area (TPSA) is 97.4 Å². The van der Waals surface area contributed by atoms with Gasteiger partial charge in [0.15, 0.2) is 0 Å². The van der Waals surface area contributed by atoms with Crippen molar-refractivity contribution in [3.05, 3.63) is 45.7 Å². The van der Waals surface area contributed by atoms with Crippen LogP contribution in [0.15, 0.2) is 35.7 Å². The standard InChI is InChI=1S/C17H16ClN3O4S3/c1-25-13-4-3-10(7-12(13)21-28(2,23)24)19-16(22)8-11-9-26-17(20-11)14-5-6-15(18)27-14/h3-7,9,21H,8H2,1-2H3,(H,19,22). The molecule has 2 N–H and O–H groups in total. The van der Waals surface area contributed by atoms with Gasteiger partial charge in [-0.25, -0.2) is 13.4 Å². The maximum atomic E-state index is 12.3. The Morgan fingerprint density at radius 2 is 2.07 bits per heavy atom. The van der Waals surface area contributed by atoms with Crippen molar-refractivity contribution in [2.75, 3.05) is 23.4 Å². The Labute approximate surface area is 175 Å². The summed E-state index contributed by atoms with van der Waals surface area (Å²) in [6.45, 7) is 0. The van der Waals surface area contributed by atoms with Crippen LogP contribution in [-0.4, -0.2) is 32.7 Å². The minimum Gasteiger partial charge on any atom is -0.495 e. The number of methoxy groups -OCH3 is 1. The monoisotopic (exact) mass is 457 g/mol. The quantitative estimate of drug-likeness (QED) is 0.557. The molecule has 0 radical (unpaired) electrons. The van der Waals surface area contributed by atoms with Gasteiger partial charge in [-0.2, -0.15) is 0 Å². The molecule has 0 unspecified atom stereocenters. The van der Waals surface area contributed by atoms with Crippen LogP contribution in [0.3, 0.4) is 0 Å². The van der Waals surface area contributed by atoms with Crippen LogP contribution in [0.25, 0.3) is 9.88 Å². The van der Waals surface area contributed by atoms with E-state index in [1.54, 1.807) is 18.2 Å². The van der Waals surface area contributed by atoms with E-state index >= 15 is 0 Å². The molecule has 0 atom stereocenters. The third-order valence-electron chi connectivity index (χ3n) is 3.46. The van der Waals surface area contributed by atoms with Gasteiger partial charge in [0.2, 0.25) is 15.9 Å². The normalized spacial score (nSPS) is 11.2. The van der Waals surface area contributed by atoms with Crippen molar-refractivity contribution in [1.82, 2.24) is 4.98 Å². The molecule has 0 fully saturated rings. The van der Waals surface area contributed by atoms with E-state index in [1.807, 2.05) is 11.4 Å². The van der Waals surface area contributed by atoms with Crippen molar-refractivity contribution in [2.45, 2.75) is 6.42 Å². The van der Waals surface area contributed by atoms with Crippen molar-refractivity contribution >= 4 is 61.6 Å². The molecule has 0 aliphatic carbocycles. The molecule has 2 heterocycles. The lowest BCUT2D eigenvalue weighted by Gasteiger charge is -2.12. The van der Waals surface area contributed by atoms with Gasteiger partial charge in [0.05, 0.1) is 40.4 Å². The summed E-state index contributed by atoms with van der Waals surface area (Å²) in [6, 6.07) is 8.40. The Balaban J connectivity index is 1.69. The molecule has 1 aromatic carbocycles. The third kappa shape index (κ3) is 5.44. The number of thiazole rings is 1. The lowest BCUT2D eigenvalue weighted by molar-refractivity contribution is -0.115. The van der Waals surface area contributed by atoms with Gasteiger partial charge < -0.3 is 10.1 Å². The number of amides is 1. The molecule has 1 amide bonds. The van der Waals surface area contributed by atoms with Crippen LogP contribution in [0.4, 0.5) is 11.4 Å². The molecule has 0 aliphatic heterocycles. The molecule has 0 bridgehead atoms. The molecule has 148 valence electrons. The summed E-state index contributed by atoms with van der Waals surface area (Å²) in [7, 11) is -2.05. The van der Waals surface area contributed by atoms with Crippen molar-refractivity contribution in [3.63, 3.8) is 0 Å². The molecule has 0 saturated carbocycles. The fourth-order valence-corrected chi connectivity index (χ4v) is 4.86. The fraction of sp³-hybridized carbons (Fsp3) is 0.176. The second-order valence-electron chi connectivity index (χ2n) is 5.76. The van der Waals surface area contributed by atoms with Crippen LogP contribution in [0.2, 0.25) is 4.34 Å². The molecular formula is C17H16ClN3O4S3. The van der Waals surface area contributed by atoms with E-state index in [0.717, 1.165) is 16.1 Å². The average Bonchev–Trinajstić information content (AvgIpc) is 3.22. The van der Waals surface area contributed by atoms with E-state index in [4.69, 9.17) is 16.3 Å². The lowest BCUT2D eigenvalue weighted by atomic mass is 10.2. The zero-order valence-corrected chi connectivity index (χ0v) is 18.1. The smallest absolute Gasteiger partial charge is 0.230 e. The van der Waals surface area contributed by atoms with Gasteiger partial charge >= 0.3 is 0 Å². The van der Waals surface area contributed by atoms with Crippen molar-refractivity contribution in [3.8, 4) is 15.6 Å². The molecule has 11 heteroatoms. The summed E-state index contributed by atoms with van der Waals surface area (Å²) in [4.78, 5) is 17.8. The predicted octanol–water partition coefficient (Wildman–Crippen LogP) is 4.09. The molecule has 28 heavy (non-hydrogen) atoms. The number of benzene rings is 1. The molecule has 0 aliphatic rings. The van der Waals surface area contributed by atoms with Crippen LogP contribution >= 0.6 is 34.3 Å². The number of nitrogens with one attached hydrogen (secondary N) is 2. The van der Waals surface area contributed by atoms with Gasteiger partial charge in [-0.05, 0) is 30.3 Å². The first-order chi connectivity index (χ1) is 13.2. The van der Waals surface area contributed by atoms with E-state index in [2.05, 4.69) is 15.0 Å². The number of anilines is 2. The molecule has 7 nitrogen and oxygen atoms in total. The SMILES string of the molecule is COc1ccc(NC(=O)Cc2csc(-c3ccc(Cl)s3)n2)cc1NS(C)(=O)=O. The average molecular weight is 458 g/mol. The second kappa shape index (κ2) is 8.48. The van der Waals surface area contributed by atoms with Crippen LogP contribution < -0.4 is 14.8 Å². The number of carbonyl (C=O) groups excluding carboxylic acids is 1. The molecule has 2 aromatic heterocycles. The minimum absolute atomic E-state index is 0.0937. The summed E-state index contributed by atoms with van der Waals surface area (Å²) in [5.74, 6) is 0.0821. The molecule has 0 saturated heterocycles. The Bertz CT molecular complexity index is 1110. The number of ether oxygens (including phenoxy) is 1. The molecule has 0 spiro atoms. The number of rotatable bonds is 7. The number of thiophene rings is 1. The van der Waals surface area contributed by atoms with Crippen LogP contribution in [0.5, 0.6) is 5.75 Å². The van der Waals surface area contributed by atoms with Crippen molar-refractivity contribution in [2.24, 2.45) is 0 Å². The largest absolute Gasteiger partial charge is 0.495 e. The maximum absolute atomic E-state index is 12.3. The number of hydrogen-bond donors (Lipinski definition) is 2. The van der Waals surface area contributed by atoms with Gasteiger partial charge in [0.25, 0.3) is 0 Å². The molecule has 3 rings (SSSR count). The predicted molar refractivity (Wildman–Crippen MR) is 114 cm³/mol. The van der Waals surface area contributed by atoms with E-state index in [0.29, 0.717) is 21.5 Å². The number of halogens is 1. The zero-order chi connectivity index (χ0) is 20.3. The van der Waals surface area contributed by atoms with Gasteiger partial charge in [-0.15, -0.1) is 22.7 Å². The first kappa shape index (κ1) is 20.6. The second-order valence-corrected chi connectivity index (χ2v) is 10.1. The number of sulfonamides is 1. The third-order valence-corrected chi connectivity index (χ3v) is 6.34. The lowest BCUT2D eigenvalue weighted by Crippen LogP contribution is -2.15. The Hall–Kier alpha value is -2.14. The highest BCUT2D eigenvalue weighted by Crippen LogP contribution is 2.33. The number of aromatic nitrogens is 1. The Morgan fingerprint density at radius 3 is 2.71 bits per heavy atom. The van der Waals surface area contributed by atoms with Crippen molar-refractivity contribution in [1.29, 1.82) is 0 Å². The first-order valence-corrected chi connectivity index (χ1v) is 11.9. The van der Waals surface area contributed by atoms with E-state index in [-0.39, 0.29) is 18.0 Å². The number of carbonyl (C=O) groups is 1. The minimum atomic E-state index is -3.49. The maximum Gasteiger partial charge on any atom is 0.230 e. The fourth-order valence-electron chi connectivity index (χ4n) is 2.37. The Morgan fingerprint density at radius 1 is 1.29 bits per heavy atom. The summed E-state index contributed by atoms with van der Waals surface area (Å²) < 4.78 is 31.2. The van der Waals surface area contributed by atoms with Crippen LogP contribution in [0.1, 0.15) is 5.69 Å². The number of nitrogens with zero attached hydrogens (tertiary/aromatic N) is 1. The highest BCUT2D eigenvalue weighted by Gasteiger charge is 2.13.